The van der Waals surface area contributed by atoms with Crippen molar-refractivity contribution in [2.24, 2.45) is 5.92 Å². The van der Waals surface area contributed by atoms with Gasteiger partial charge < -0.3 is 10.2 Å². The third-order valence-electron chi connectivity index (χ3n) is 3.48. The monoisotopic (exact) mass is 296 g/mol. The number of carbonyl (C=O) groups is 1. The molecule has 0 aromatic heterocycles. The van der Waals surface area contributed by atoms with Gasteiger partial charge in [-0.05, 0) is 43.0 Å². The molecule has 2 rings (SSSR count). The van der Waals surface area contributed by atoms with E-state index in [1.807, 2.05) is 0 Å². The summed E-state index contributed by atoms with van der Waals surface area (Å²) in [7, 11) is -3.20. The fourth-order valence-corrected chi connectivity index (χ4v) is 2.99. The lowest BCUT2D eigenvalue weighted by atomic mass is 10.0. The number of anilines is 1. The van der Waals surface area contributed by atoms with Crippen LogP contribution in [0.5, 0.6) is 0 Å². The van der Waals surface area contributed by atoms with Gasteiger partial charge in [0.2, 0.25) is 0 Å². The van der Waals surface area contributed by atoms with E-state index in [-0.39, 0.29) is 10.9 Å². The molecule has 1 atom stereocenters. The number of amides is 2. The van der Waals surface area contributed by atoms with Gasteiger partial charge in [0.15, 0.2) is 9.84 Å². The number of hydrogen-bond acceptors (Lipinski definition) is 3. The van der Waals surface area contributed by atoms with Crippen LogP contribution in [0.1, 0.15) is 19.8 Å². The minimum absolute atomic E-state index is 0.122. The smallest absolute Gasteiger partial charge is 0.321 e. The zero-order chi connectivity index (χ0) is 14.8. The van der Waals surface area contributed by atoms with E-state index in [4.69, 9.17) is 0 Å². The van der Waals surface area contributed by atoms with Crippen LogP contribution in [0.25, 0.3) is 0 Å². The summed E-state index contributed by atoms with van der Waals surface area (Å²) in [5.41, 5.74) is 0.612. The number of likely N-dealkylation sites (tertiary alicyclic amines) is 1. The van der Waals surface area contributed by atoms with Gasteiger partial charge in [-0.25, -0.2) is 13.2 Å². The van der Waals surface area contributed by atoms with Crippen molar-refractivity contribution < 1.29 is 13.2 Å². The van der Waals surface area contributed by atoms with Crippen molar-refractivity contribution in [3.05, 3.63) is 24.3 Å². The Bertz CT molecular complexity index is 581. The second-order valence-corrected chi connectivity index (χ2v) is 7.44. The summed E-state index contributed by atoms with van der Waals surface area (Å²) in [5.74, 6) is 0.530. The highest BCUT2D eigenvalue weighted by atomic mass is 32.2. The average molecular weight is 296 g/mol. The van der Waals surface area contributed by atoms with Crippen molar-refractivity contribution in [1.29, 1.82) is 0 Å². The number of hydrogen-bond donors (Lipinski definition) is 1. The molecule has 1 fully saturated rings. The summed E-state index contributed by atoms with van der Waals surface area (Å²) in [4.78, 5) is 14.1. The molecular weight excluding hydrogens is 276 g/mol. The minimum atomic E-state index is -3.20. The SMILES string of the molecule is C[C@@H]1CCCN(C(=O)Nc2ccc(S(C)(=O)=O)cc2)C1. The second-order valence-electron chi connectivity index (χ2n) is 5.42. The van der Waals surface area contributed by atoms with E-state index < -0.39 is 9.84 Å². The maximum Gasteiger partial charge on any atom is 0.321 e. The van der Waals surface area contributed by atoms with Crippen LogP contribution in [0.3, 0.4) is 0 Å². The Balaban J connectivity index is 2.01. The van der Waals surface area contributed by atoms with E-state index in [1.54, 1.807) is 17.0 Å². The molecule has 1 aliphatic rings. The summed E-state index contributed by atoms with van der Waals surface area (Å²) in [6.45, 7) is 3.69. The Morgan fingerprint density at radius 2 is 1.95 bits per heavy atom. The highest BCUT2D eigenvalue weighted by Crippen LogP contribution is 2.18. The Labute approximate surface area is 119 Å². The maximum atomic E-state index is 12.1. The number of piperidine rings is 1. The Kier molecular flexibility index (Phi) is 4.32. The fraction of sp³-hybridized carbons (Fsp3) is 0.500. The first kappa shape index (κ1) is 14.8. The van der Waals surface area contributed by atoms with Crippen molar-refractivity contribution in [2.75, 3.05) is 24.7 Å². The number of rotatable bonds is 2. The van der Waals surface area contributed by atoms with Crippen LogP contribution in [0.15, 0.2) is 29.2 Å². The van der Waals surface area contributed by atoms with Crippen LogP contribution in [-0.2, 0) is 9.84 Å². The molecule has 6 heteroatoms. The van der Waals surface area contributed by atoms with Crippen molar-refractivity contribution >= 4 is 21.6 Å². The van der Waals surface area contributed by atoms with Gasteiger partial charge in [-0.3, -0.25) is 0 Å². The molecule has 0 bridgehead atoms. The second kappa shape index (κ2) is 5.83. The highest BCUT2D eigenvalue weighted by Gasteiger charge is 2.20. The Hall–Kier alpha value is -1.56. The van der Waals surface area contributed by atoms with Gasteiger partial charge in [0.05, 0.1) is 4.90 Å². The van der Waals surface area contributed by atoms with Crippen LogP contribution in [0, 0.1) is 5.92 Å². The van der Waals surface area contributed by atoms with E-state index in [9.17, 15) is 13.2 Å². The predicted octanol–water partition coefficient (Wildman–Crippen LogP) is 2.35. The largest absolute Gasteiger partial charge is 0.324 e. The lowest BCUT2D eigenvalue weighted by Gasteiger charge is -2.30. The molecule has 1 aliphatic heterocycles. The van der Waals surface area contributed by atoms with E-state index in [0.29, 0.717) is 11.6 Å². The summed E-state index contributed by atoms with van der Waals surface area (Å²) in [6.07, 6.45) is 3.35. The molecule has 1 aromatic carbocycles. The first-order valence-corrected chi connectivity index (χ1v) is 8.61. The van der Waals surface area contributed by atoms with Crippen LogP contribution < -0.4 is 5.32 Å². The lowest BCUT2D eigenvalue weighted by molar-refractivity contribution is 0.182. The molecular formula is C14H20N2O3S. The van der Waals surface area contributed by atoms with E-state index in [0.717, 1.165) is 32.2 Å². The topological polar surface area (TPSA) is 66.5 Å². The Morgan fingerprint density at radius 3 is 2.50 bits per heavy atom. The summed E-state index contributed by atoms with van der Waals surface area (Å²) in [6, 6.07) is 6.11. The zero-order valence-corrected chi connectivity index (χ0v) is 12.6. The van der Waals surface area contributed by atoms with Crippen LogP contribution >= 0.6 is 0 Å². The minimum Gasteiger partial charge on any atom is -0.324 e. The molecule has 1 N–H and O–H groups in total. The zero-order valence-electron chi connectivity index (χ0n) is 11.8. The van der Waals surface area contributed by atoms with Gasteiger partial charge in [0.25, 0.3) is 0 Å². The van der Waals surface area contributed by atoms with Gasteiger partial charge in [-0.2, -0.15) is 0 Å². The number of urea groups is 1. The van der Waals surface area contributed by atoms with Crippen molar-refractivity contribution in [3.8, 4) is 0 Å². The van der Waals surface area contributed by atoms with Gasteiger partial charge in [-0.1, -0.05) is 6.92 Å². The molecule has 1 heterocycles. The molecule has 110 valence electrons. The quantitative estimate of drug-likeness (QED) is 0.911. The maximum absolute atomic E-state index is 12.1. The van der Waals surface area contributed by atoms with Crippen molar-refractivity contribution in [3.63, 3.8) is 0 Å². The molecule has 0 spiro atoms. The van der Waals surface area contributed by atoms with Gasteiger partial charge >= 0.3 is 6.03 Å². The lowest BCUT2D eigenvalue weighted by Crippen LogP contribution is -2.41. The summed E-state index contributed by atoms with van der Waals surface area (Å²) >= 11 is 0. The normalized spacial score (nSPS) is 19.7. The predicted molar refractivity (Wildman–Crippen MR) is 78.5 cm³/mol. The number of nitrogens with one attached hydrogen (secondary N) is 1. The van der Waals surface area contributed by atoms with E-state index >= 15 is 0 Å². The number of sulfone groups is 1. The van der Waals surface area contributed by atoms with Crippen LogP contribution in [0.4, 0.5) is 10.5 Å². The molecule has 1 aromatic rings. The van der Waals surface area contributed by atoms with E-state index in [2.05, 4.69) is 12.2 Å². The third-order valence-corrected chi connectivity index (χ3v) is 4.61. The molecule has 5 nitrogen and oxygen atoms in total. The molecule has 20 heavy (non-hydrogen) atoms. The molecule has 2 amide bonds. The standard InChI is InChI=1S/C14H20N2O3S/c1-11-4-3-9-16(10-11)14(17)15-12-5-7-13(8-6-12)20(2,18)19/h5-8,11H,3-4,9-10H2,1-2H3,(H,15,17)/t11-/m1/s1. The number of benzene rings is 1. The molecule has 0 aliphatic carbocycles. The Morgan fingerprint density at radius 1 is 1.30 bits per heavy atom. The van der Waals surface area contributed by atoms with E-state index in [1.165, 1.54) is 12.1 Å². The van der Waals surface area contributed by atoms with Crippen LogP contribution in [0.2, 0.25) is 0 Å². The van der Waals surface area contributed by atoms with Gasteiger partial charge in [0, 0.05) is 25.0 Å². The molecule has 1 saturated heterocycles. The number of carbonyl (C=O) groups excluding carboxylic acids is 1. The van der Waals surface area contributed by atoms with Gasteiger partial charge in [-0.15, -0.1) is 0 Å². The van der Waals surface area contributed by atoms with Crippen molar-refractivity contribution in [1.82, 2.24) is 4.90 Å². The summed E-state index contributed by atoms with van der Waals surface area (Å²) < 4.78 is 22.7. The fourth-order valence-electron chi connectivity index (χ4n) is 2.36. The van der Waals surface area contributed by atoms with Crippen molar-refractivity contribution in [2.45, 2.75) is 24.7 Å². The molecule has 0 unspecified atom stereocenters. The number of nitrogens with zero attached hydrogens (tertiary/aromatic N) is 1. The third kappa shape index (κ3) is 3.72. The van der Waals surface area contributed by atoms with Crippen LogP contribution in [-0.4, -0.2) is 38.7 Å². The van der Waals surface area contributed by atoms with Gasteiger partial charge in [0.1, 0.15) is 0 Å². The first-order chi connectivity index (χ1) is 9.36. The molecule has 0 radical (unpaired) electrons. The average Bonchev–Trinajstić information content (AvgIpc) is 2.38. The molecule has 0 saturated carbocycles. The first-order valence-electron chi connectivity index (χ1n) is 6.72. The highest BCUT2D eigenvalue weighted by molar-refractivity contribution is 7.90. The summed E-state index contributed by atoms with van der Waals surface area (Å²) in [5, 5.41) is 2.80.